The Kier molecular flexibility index (Phi) is 30.0. The summed E-state index contributed by atoms with van der Waals surface area (Å²) in [6.07, 6.45) is 41.2. The first kappa shape index (κ1) is 54.8. The molecule has 0 radical (unpaired) electrons. The molecule has 0 aromatic rings. The van der Waals surface area contributed by atoms with E-state index in [2.05, 4.69) is 165 Å². The van der Waals surface area contributed by atoms with Crippen LogP contribution in [0.5, 0.6) is 0 Å². The maximum atomic E-state index is 14.4. The van der Waals surface area contributed by atoms with E-state index in [1.54, 1.807) is 0 Å². The molecule has 58 heavy (non-hydrogen) atoms. The summed E-state index contributed by atoms with van der Waals surface area (Å²) in [5.41, 5.74) is 16.3. The molecule has 0 aliphatic heterocycles. The van der Waals surface area contributed by atoms with Crippen LogP contribution in [0.2, 0.25) is 0 Å². The van der Waals surface area contributed by atoms with Crippen LogP contribution in [-0.4, -0.2) is 5.78 Å². The number of hydrogen-bond acceptors (Lipinski definition) is 1. The highest BCUT2D eigenvalue weighted by molar-refractivity contribution is 5.86. The van der Waals surface area contributed by atoms with Crippen LogP contribution in [-0.2, 0) is 4.79 Å². The lowest BCUT2D eigenvalue weighted by atomic mass is 9.67. The Hall–Kier alpha value is -3.19. The standard InChI is InChI=1S/C57H92O/c1-44(2)24-17-28-48(9)31-21-34-51(12)38-39-56(54(15)37-20-27-47(7)8)57(55(16)58,42-40-52(13)35-22-32-49(10)29-18-25-45(3)4)43-41-53(14)36-23-33-50(11)30-19-26-46(5)6/h24-27,31-33,38,40-41H,17-23,28-30,34-37,39,42-43H2,1-16H3/b48-31?,49-32?,50-33?,51-38?,52-40?,53-41?,56-54+. The molecule has 0 fully saturated rings. The van der Waals surface area contributed by atoms with Crippen molar-refractivity contribution in [2.45, 2.75) is 220 Å². The van der Waals surface area contributed by atoms with Crippen molar-refractivity contribution in [2.75, 3.05) is 0 Å². The Bertz CT molecular complexity index is 1510. The Morgan fingerprint density at radius 2 is 0.586 bits per heavy atom. The van der Waals surface area contributed by atoms with Crippen LogP contribution in [0.3, 0.4) is 0 Å². The van der Waals surface area contributed by atoms with E-state index in [4.69, 9.17) is 0 Å². The quantitative estimate of drug-likeness (QED) is 0.0690. The van der Waals surface area contributed by atoms with E-state index in [9.17, 15) is 4.79 Å². The predicted octanol–water partition coefficient (Wildman–Crippen LogP) is 19.1. The first-order valence-electron chi connectivity index (χ1n) is 23.0. The van der Waals surface area contributed by atoms with Crippen molar-refractivity contribution in [3.05, 3.63) is 128 Å². The van der Waals surface area contributed by atoms with Crippen LogP contribution >= 0.6 is 0 Å². The summed E-state index contributed by atoms with van der Waals surface area (Å²) in [7, 11) is 0. The molecule has 0 heterocycles. The fourth-order valence-corrected chi connectivity index (χ4v) is 7.33. The van der Waals surface area contributed by atoms with E-state index in [1.807, 2.05) is 6.92 Å². The second-order valence-corrected chi connectivity index (χ2v) is 18.7. The van der Waals surface area contributed by atoms with Crippen LogP contribution in [0.4, 0.5) is 0 Å². The molecule has 326 valence electrons. The van der Waals surface area contributed by atoms with Crippen LogP contribution in [0.25, 0.3) is 0 Å². The number of Topliss-reactive ketones (excluding diaryl/α,β-unsaturated/α-hetero) is 1. The van der Waals surface area contributed by atoms with E-state index in [1.165, 1.54) is 66.9 Å². The topological polar surface area (TPSA) is 17.1 Å². The molecule has 0 saturated heterocycles. The predicted molar refractivity (Wildman–Crippen MR) is 265 cm³/mol. The van der Waals surface area contributed by atoms with E-state index in [-0.39, 0.29) is 0 Å². The van der Waals surface area contributed by atoms with Crippen molar-refractivity contribution < 1.29 is 4.79 Å². The molecule has 0 unspecified atom stereocenters. The van der Waals surface area contributed by atoms with Gasteiger partial charge in [0, 0.05) is 0 Å². The van der Waals surface area contributed by atoms with Gasteiger partial charge in [-0.1, -0.05) is 128 Å². The zero-order chi connectivity index (χ0) is 44.1. The van der Waals surface area contributed by atoms with Crippen LogP contribution in [0, 0.1) is 5.41 Å². The average Bonchev–Trinajstić information content (AvgIpc) is 3.11. The highest BCUT2D eigenvalue weighted by Crippen LogP contribution is 2.43. The second-order valence-electron chi connectivity index (χ2n) is 18.7. The molecule has 0 N–H and O–H groups in total. The van der Waals surface area contributed by atoms with Crippen molar-refractivity contribution in [1.82, 2.24) is 0 Å². The van der Waals surface area contributed by atoms with Gasteiger partial charge in [-0.3, -0.25) is 4.79 Å². The Morgan fingerprint density at radius 3 is 0.879 bits per heavy atom. The van der Waals surface area contributed by atoms with Crippen molar-refractivity contribution in [3.63, 3.8) is 0 Å². The summed E-state index contributed by atoms with van der Waals surface area (Å²) in [5.74, 6) is 0.295. The third-order valence-corrected chi connectivity index (χ3v) is 11.5. The SMILES string of the molecule is CC(=O)C(CC=C(C)CCC=C(C)CCC=C(C)C)(CC=C(C)CCC=C(C)CCC=C(C)C)/C(CC=C(C)CCC=C(C)CCC=C(C)C)=C(\C)CCC=C(C)C. The lowest BCUT2D eigenvalue weighted by molar-refractivity contribution is -0.124. The molecule has 0 amide bonds. The largest absolute Gasteiger partial charge is 0.299 e. The van der Waals surface area contributed by atoms with E-state index in [0.29, 0.717) is 5.78 Å². The number of ketones is 1. The van der Waals surface area contributed by atoms with Gasteiger partial charge in [0.15, 0.2) is 0 Å². The average molecular weight is 793 g/mol. The van der Waals surface area contributed by atoms with Crippen molar-refractivity contribution in [3.8, 4) is 0 Å². The minimum Gasteiger partial charge on any atom is -0.299 e. The van der Waals surface area contributed by atoms with Crippen molar-refractivity contribution in [1.29, 1.82) is 0 Å². The van der Waals surface area contributed by atoms with E-state index in [0.717, 1.165) is 109 Å². The molecule has 1 nitrogen and oxygen atoms in total. The van der Waals surface area contributed by atoms with E-state index >= 15 is 0 Å². The fourth-order valence-electron chi connectivity index (χ4n) is 7.33. The number of hydrogen-bond donors (Lipinski definition) is 0. The van der Waals surface area contributed by atoms with Crippen LogP contribution in [0.15, 0.2) is 128 Å². The normalized spacial score (nSPS) is 14.8. The molecule has 0 saturated carbocycles. The van der Waals surface area contributed by atoms with Gasteiger partial charge < -0.3 is 0 Å². The zero-order valence-electron chi connectivity index (χ0n) is 41.2. The fraction of sp³-hybridized carbons (Fsp3) is 0.596. The minimum absolute atomic E-state index is 0.295. The maximum Gasteiger partial charge on any atom is 0.140 e. The molecule has 1 heteroatoms. The smallest absolute Gasteiger partial charge is 0.140 e. The number of carbonyl (C=O) groups excluding carboxylic acids is 1. The third kappa shape index (κ3) is 27.5. The van der Waals surface area contributed by atoms with Gasteiger partial charge in [0.25, 0.3) is 0 Å². The lowest BCUT2D eigenvalue weighted by Crippen LogP contribution is -2.32. The van der Waals surface area contributed by atoms with Crippen LogP contribution < -0.4 is 0 Å². The summed E-state index contributed by atoms with van der Waals surface area (Å²) in [6, 6.07) is 0. The number of carbonyl (C=O) groups is 1. The highest BCUT2D eigenvalue weighted by atomic mass is 16.1. The molecule has 0 aliphatic carbocycles. The Morgan fingerprint density at radius 1 is 0.328 bits per heavy atom. The van der Waals surface area contributed by atoms with Crippen LogP contribution in [0.1, 0.15) is 220 Å². The van der Waals surface area contributed by atoms with Gasteiger partial charge in [-0.2, -0.15) is 0 Å². The molecule has 0 atom stereocenters. The Balaban J connectivity index is 6.81. The molecular weight excluding hydrogens is 701 g/mol. The molecule has 0 bridgehead atoms. The summed E-state index contributed by atoms with van der Waals surface area (Å²) in [6.45, 7) is 35.3. The number of allylic oxidation sites excluding steroid dienone is 22. The minimum atomic E-state index is -0.567. The van der Waals surface area contributed by atoms with Gasteiger partial charge in [-0.15, -0.1) is 0 Å². The maximum absolute atomic E-state index is 14.4. The molecule has 0 spiro atoms. The molecule has 0 aromatic heterocycles. The molecule has 0 aliphatic rings. The summed E-state index contributed by atoms with van der Waals surface area (Å²) in [4.78, 5) is 14.4. The van der Waals surface area contributed by atoms with Gasteiger partial charge in [0.05, 0.1) is 5.41 Å². The summed E-state index contributed by atoms with van der Waals surface area (Å²) < 4.78 is 0. The summed E-state index contributed by atoms with van der Waals surface area (Å²) >= 11 is 0. The van der Waals surface area contributed by atoms with Gasteiger partial charge in [0.2, 0.25) is 0 Å². The first-order chi connectivity index (χ1) is 27.3. The highest BCUT2D eigenvalue weighted by Gasteiger charge is 2.38. The lowest BCUT2D eigenvalue weighted by Gasteiger charge is -2.35. The van der Waals surface area contributed by atoms with Crippen molar-refractivity contribution in [2.24, 2.45) is 5.41 Å². The van der Waals surface area contributed by atoms with Gasteiger partial charge in [0.1, 0.15) is 5.78 Å². The second kappa shape index (κ2) is 31.7. The molecular formula is C57H92O. The molecule has 0 rings (SSSR count). The van der Waals surface area contributed by atoms with Gasteiger partial charge >= 0.3 is 0 Å². The van der Waals surface area contributed by atoms with Gasteiger partial charge in [-0.25, -0.2) is 0 Å². The summed E-state index contributed by atoms with van der Waals surface area (Å²) in [5, 5.41) is 0. The monoisotopic (exact) mass is 793 g/mol. The Labute approximate surface area is 362 Å². The molecule has 0 aromatic carbocycles. The van der Waals surface area contributed by atoms with Gasteiger partial charge in [-0.05, 0) is 220 Å². The van der Waals surface area contributed by atoms with E-state index < -0.39 is 5.41 Å². The van der Waals surface area contributed by atoms with Crippen molar-refractivity contribution >= 4 is 5.78 Å². The zero-order valence-corrected chi connectivity index (χ0v) is 41.2. The third-order valence-electron chi connectivity index (χ3n) is 11.5. The number of rotatable bonds is 29. The first-order valence-corrected chi connectivity index (χ1v) is 23.0.